The Hall–Kier alpha value is -3.80. The first kappa shape index (κ1) is 32.2. The number of aliphatic hydroxyl groups is 5. The summed E-state index contributed by atoms with van der Waals surface area (Å²) >= 11 is 6.11. The van der Waals surface area contributed by atoms with Crippen molar-refractivity contribution in [3.63, 3.8) is 0 Å². The summed E-state index contributed by atoms with van der Waals surface area (Å²) in [6.45, 7) is -0.534. The first-order valence-corrected chi connectivity index (χ1v) is 15.6. The van der Waals surface area contributed by atoms with E-state index in [-0.39, 0.29) is 17.7 Å². The van der Waals surface area contributed by atoms with Crippen molar-refractivity contribution in [2.45, 2.75) is 55.5 Å². The molecule has 2 fully saturated rings. The van der Waals surface area contributed by atoms with Crippen molar-refractivity contribution < 1.29 is 40.2 Å². The molecule has 10 heteroatoms. The van der Waals surface area contributed by atoms with E-state index in [0.717, 1.165) is 11.3 Å². The second kappa shape index (κ2) is 13.5. The molecule has 0 spiro atoms. The highest BCUT2D eigenvalue weighted by Crippen LogP contribution is 2.48. The zero-order valence-electron chi connectivity index (χ0n) is 24.8. The summed E-state index contributed by atoms with van der Waals surface area (Å²) in [6.07, 6.45) is -6.48. The lowest BCUT2D eigenvalue weighted by Crippen LogP contribution is -2.55. The molecule has 240 valence electrons. The molecule has 4 aromatic carbocycles. The number of hydrogen-bond donors (Lipinski definition) is 6. The van der Waals surface area contributed by atoms with Gasteiger partial charge in [0.15, 0.2) is 0 Å². The van der Waals surface area contributed by atoms with Gasteiger partial charge in [-0.25, -0.2) is 0 Å². The Morgan fingerprint density at radius 2 is 1.59 bits per heavy atom. The van der Waals surface area contributed by atoms with Gasteiger partial charge >= 0.3 is 0 Å². The average molecular weight is 646 g/mol. The van der Waals surface area contributed by atoms with Crippen LogP contribution in [0.3, 0.4) is 0 Å². The minimum atomic E-state index is -1.51. The fourth-order valence-electron chi connectivity index (χ4n) is 6.54. The Balaban J connectivity index is 1.27. The van der Waals surface area contributed by atoms with Crippen LogP contribution in [0, 0.1) is 5.92 Å². The van der Waals surface area contributed by atoms with Gasteiger partial charge in [-0.15, -0.1) is 0 Å². The quantitative estimate of drug-likeness (QED) is 0.146. The number of para-hydroxylation sites is 1. The van der Waals surface area contributed by atoms with Gasteiger partial charge in [-0.1, -0.05) is 72.3 Å². The third-order valence-electron chi connectivity index (χ3n) is 9.01. The zero-order valence-corrected chi connectivity index (χ0v) is 25.6. The lowest BCUT2D eigenvalue weighted by Gasteiger charge is -2.48. The van der Waals surface area contributed by atoms with Gasteiger partial charge in [0.05, 0.1) is 24.7 Å². The van der Waals surface area contributed by atoms with Crippen LogP contribution in [0.4, 0.5) is 5.69 Å². The summed E-state index contributed by atoms with van der Waals surface area (Å²) in [7, 11) is 0. The van der Waals surface area contributed by atoms with Crippen molar-refractivity contribution in [2.24, 2.45) is 5.92 Å². The molecule has 0 radical (unpaired) electrons. The minimum absolute atomic E-state index is 0.0199. The van der Waals surface area contributed by atoms with Crippen molar-refractivity contribution in [3.8, 4) is 16.9 Å². The topological polar surface area (TPSA) is 151 Å². The van der Waals surface area contributed by atoms with E-state index < -0.39 is 49.1 Å². The molecule has 0 bridgehead atoms. The van der Waals surface area contributed by atoms with Crippen LogP contribution in [0.1, 0.15) is 47.8 Å². The third-order valence-corrected chi connectivity index (χ3v) is 9.25. The Morgan fingerprint density at radius 1 is 0.826 bits per heavy atom. The maximum absolute atomic E-state index is 13.5. The predicted octanol–water partition coefficient (Wildman–Crippen LogP) is 4.45. The molecule has 1 amide bonds. The fraction of sp³-hybridized carbons (Fsp3) is 0.306. The summed E-state index contributed by atoms with van der Waals surface area (Å²) in [4.78, 5) is 15.2. The highest BCUT2D eigenvalue weighted by molar-refractivity contribution is 6.30. The Bertz CT molecular complexity index is 1680. The van der Waals surface area contributed by atoms with E-state index in [4.69, 9.17) is 16.3 Å². The molecule has 0 unspecified atom stereocenters. The molecule has 8 atom stereocenters. The number of aromatic hydroxyl groups is 1. The summed E-state index contributed by atoms with van der Waals surface area (Å²) in [5.74, 6) is -0.507. The molecule has 6 rings (SSSR count). The van der Waals surface area contributed by atoms with Gasteiger partial charge in [0.1, 0.15) is 36.3 Å². The first-order valence-electron chi connectivity index (χ1n) is 15.2. The second-order valence-electron chi connectivity index (χ2n) is 11.9. The highest BCUT2D eigenvalue weighted by Gasteiger charge is 2.49. The lowest BCUT2D eigenvalue weighted by molar-refractivity contribution is -0.231. The number of aliphatic hydroxyl groups excluding tert-OH is 5. The second-order valence-corrected chi connectivity index (χ2v) is 12.3. The Kier molecular flexibility index (Phi) is 9.44. The molecule has 9 nitrogen and oxygen atoms in total. The van der Waals surface area contributed by atoms with E-state index in [1.807, 2.05) is 36.4 Å². The molecular weight excluding hydrogens is 610 g/mol. The van der Waals surface area contributed by atoms with Crippen LogP contribution in [0.15, 0.2) is 97.1 Å². The molecule has 6 N–H and O–H groups in total. The van der Waals surface area contributed by atoms with Crippen molar-refractivity contribution in [2.75, 3.05) is 11.5 Å². The molecule has 0 aliphatic carbocycles. The molecule has 2 aliphatic rings. The lowest BCUT2D eigenvalue weighted by atomic mass is 9.78. The SMILES string of the molecule is O=C1[C@H](CC[C@H](O)c2cccc(Cl)c2)[C@@H](c2ccc(-c3cccc([C@@H]4O[C@H](CO)[C@@H](O)[C@H](O)[C@H]4O)c3)c(O)c2)N1c1ccccc1. The Morgan fingerprint density at radius 3 is 2.30 bits per heavy atom. The number of β-lactam (4-membered cyclic amide) rings is 1. The summed E-state index contributed by atoms with van der Waals surface area (Å²) < 4.78 is 5.73. The Labute approximate surface area is 271 Å². The van der Waals surface area contributed by atoms with Gasteiger partial charge < -0.3 is 40.3 Å². The summed E-state index contributed by atoms with van der Waals surface area (Å²) in [5, 5.41) is 63.3. The molecule has 2 aliphatic heterocycles. The van der Waals surface area contributed by atoms with E-state index in [2.05, 4.69) is 0 Å². The van der Waals surface area contributed by atoms with Crippen LogP contribution in [-0.2, 0) is 9.53 Å². The number of phenolic OH excluding ortho intramolecular Hbond substituents is 1. The van der Waals surface area contributed by atoms with E-state index >= 15 is 0 Å². The van der Waals surface area contributed by atoms with Crippen molar-refractivity contribution in [1.29, 1.82) is 0 Å². The van der Waals surface area contributed by atoms with Crippen molar-refractivity contribution in [1.82, 2.24) is 0 Å². The number of nitrogens with zero attached hydrogens (tertiary/aromatic N) is 1. The summed E-state index contributed by atoms with van der Waals surface area (Å²) in [5.41, 5.74) is 3.76. The van der Waals surface area contributed by atoms with Crippen LogP contribution in [0.5, 0.6) is 5.75 Å². The van der Waals surface area contributed by atoms with E-state index in [1.165, 1.54) is 0 Å². The number of halogens is 1. The van der Waals surface area contributed by atoms with Gasteiger partial charge in [0.2, 0.25) is 5.91 Å². The molecular formula is C36H36ClNO8. The van der Waals surface area contributed by atoms with Gasteiger partial charge in [-0.2, -0.15) is 0 Å². The van der Waals surface area contributed by atoms with Crippen LogP contribution >= 0.6 is 11.6 Å². The minimum Gasteiger partial charge on any atom is -0.507 e. The van der Waals surface area contributed by atoms with Gasteiger partial charge in [-0.3, -0.25) is 4.79 Å². The molecule has 2 heterocycles. The third kappa shape index (κ3) is 6.15. The predicted molar refractivity (Wildman–Crippen MR) is 172 cm³/mol. The monoisotopic (exact) mass is 645 g/mol. The summed E-state index contributed by atoms with van der Waals surface area (Å²) in [6, 6.07) is 28.2. The number of rotatable bonds is 9. The van der Waals surface area contributed by atoms with Gasteiger partial charge in [0.25, 0.3) is 0 Å². The number of carbonyl (C=O) groups is 1. The van der Waals surface area contributed by atoms with Crippen molar-refractivity contribution in [3.05, 3.63) is 119 Å². The maximum atomic E-state index is 13.5. The first-order chi connectivity index (χ1) is 22.2. The van der Waals surface area contributed by atoms with Crippen LogP contribution in [0.2, 0.25) is 5.02 Å². The molecule has 46 heavy (non-hydrogen) atoms. The van der Waals surface area contributed by atoms with Gasteiger partial charge in [-0.05, 0) is 71.5 Å². The molecule has 4 aromatic rings. The van der Waals surface area contributed by atoms with Crippen LogP contribution < -0.4 is 4.90 Å². The highest BCUT2D eigenvalue weighted by atomic mass is 35.5. The molecule has 0 aromatic heterocycles. The number of phenols is 1. The van der Waals surface area contributed by atoms with E-state index in [0.29, 0.717) is 40.1 Å². The smallest absolute Gasteiger partial charge is 0.233 e. The number of anilines is 1. The average Bonchev–Trinajstić information content (AvgIpc) is 3.06. The van der Waals surface area contributed by atoms with E-state index in [1.54, 1.807) is 65.6 Å². The number of hydrogen-bond acceptors (Lipinski definition) is 8. The fourth-order valence-corrected chi connectivity index (χ4v) is 6.74. The van der Waals surface area contributed by atoms with Gasteiger partial charge in [0, 0.05) is 16.3 Å². The van der Waals surface area contributed by atoms with Crippen LogP contribution in [-0.4, -0.2) is 67.6 Å². The normalized spacial score (nSPS) is 26.9. The molecule has 0 saturated carbocycles. The zero-order chi connectivity index (χ0) is 32.5. The van der Waals surface area contributed by atoms with Crippen LogP contribution in [0.25, 0.3) is 11.1 Å². The number of amides is 1. The number of ether oxygens (including phenoxy) is 1. The standard InChI is InChI=1S/C36H36ClNO8/c37-24-9-5-7-21(17-24)28(40)15-14-27-31(38(36(27)45)25-10-2-1-3-11-25)22-12-13-26(29(41)18-22)20-6-4-8-23(16-20)35-34(44)33(43)32(42)30(19-39)46-35/h1-13,16-18,27-28,30-35,39-44H,14-15,19H2/t27-,28+,30-,31-,32-,33+,34-,35+/m1/s1. The maximum Gasteiger partial charge on any atom is 0.233 e. The largest absolute Gasteiger partial charge is 0.507 e. The molecule has 2 saturated heterocycles. The van der Waals surface area contributed by atoms with Crippen molar-refractivity contribution >= 4 is 23.2 Å². The number of benzene rings is 4. The number of carbonyl (C=O) groups excluding carboxylic acids is 1. The van der Waals surface area contributed by atoms with E-state index in [9.17, 15) is 35.4 Å².